The number of carbonyl (C=O) groups is 2. The van der Waals surface area contributed by atoms with E-state index in [9.17, 15) is 14.7 Å². The van der Waals surface area contributed by atoms with Crippen LogP contribution in [0, 0.1) is 0 Å². The third kappa shape index (κ3) is 3.73. The highest BCUT2D eigenvalue weighted by atomic mass is 32.2. The summed E-state index contributed by atoms with van der Waals surface area (Å²) in [5.41, 5.74) is 7.49. The molecule has 2 aromatic carbocycles. The van der Waals surface area contributed by atoms with E-state index in [1.165, 1.54) is 11.8 Å². The van der Waals surface area contributed by atoms with Gasteiger partial charge in [-0.15, -0.1) is 0 Å². The summed E-state index contributed by atoms with van der Waals surface area (Å²) in [5, 5.41) is 9.50. The quantitative estimate of drug-likeness (QED) is 0.411. The molecular weight excluding hydrogens is 362 g/mol. The Kier molecular flexibility index (Phi) is 5.45. The van der Waals surface area contributed by atoms with Crippen molar-refractivity contribution in [3.05, 3.63) is 59.7 Å². The minimum Gasteiger partial charge on any atom is -0.479 e. The molecule has 2 aromatic rings. The standard InChI is InChI=1S/C21H23NO4S/c1-2-27-12-11-21(22,19(23)24)20(25)26-13-18-16-9-5-3-7-14(16)15-8-4-6-10-17(15)18/h3-10,18H,2,11-13,22H2,1H3,(H,23,24)/i13D. The van der Waals surface area contributed by atoms with E-state index in [-0.39, 0.29) is 6.42 Å². The molecule has 0 amide bonds. The van der Waals surface area contributed by atoms with Crippen LogP contribution in [-0.2, 0) is 14.3 Å². The smallest absolute Gasteiger partial charge is 0.337 e. The lowest BCUT2D eigenvalue weighted by Crippen LogP contribution is -2.56. The number of esters is 1. The maximum absolute atomic E-state index is 12.6. The Labute approximate surface area is 164 Å². The SMILES string of the molecule is [2H]C(OC(=O)C(N)(CCSCC)C(=O)O)C1c2ccccc2-c2ccccc21. The highest BCUT2D eigenvalue weighted by molar-refractivity contribution is 7.99. The van der Waals surface area contributed by atoms with Crippen LogP contribution in [-0.4, -0.2) is 40.7 Å². The zero-order valence-corrected chi connectivity index (χ0v) is 15.9. The molecule has 1 aliphatic carbocycles. The molecule has 3 rings (SSSR count). The number of ether oxygens (including phenoxy) is 1. The first-order chi connectivity index (χ1) is 13.4. The zero-order chi connectivity index (χ0) is 20.3. The minimum atomic E-state index is -2.15. The van der Waals surface area contributed by atoms with Crippen molar-refractivity contribution in [1.82, 2.24) is 0 Å². The normalized spacial score (nSPS) is 16.6. The molecular formula is C21H23NO4S. The number of rotatable bonds is 8. The second kappa shape index (κ2) is 8.15. The van der Waals surface area contributed by atoms with Crippen molar-refractivity contribution in [3.8, 4) is 11.1 Å². The predicted octanol–water partition coefficient (Wildman–Crippen LogP) is 3.27. The number of benzene rings is 2. The average Bonchev–Trinajstić information content (AvgIpc) is 3.02. The van der Waals surface area contributed by atoms with Crippen LogP contribution in [0.3, 0.4) is 0 Å². The van der Waals surface area contributed by atoms with E-state index in [0.717, 1.165) is 28.0 Å². The van der Waals surface area contributed by atoms with Crippen molar-refractivity contribution >= 4 is 23.7 Å². The van der Waals surface area contributed by atoms with Crippen molar-refractivity contribution < 1.29 is 20.8 Å². The van der Waals surface area contributed by atoms with Gasteiger partial charge in [0.25, 0.3) is 0 Å². The second-order valence-corrected chi connectivity index (χ2v) is 7.81. The van der Waals surface area contributed by atoms with Gasteiger partial charge in [-0.25, -0.2) is 9.59 Å². The fourth-order valence-electron chi connectivity index (χ4n) is 3.25. The summed E-state index contributed by atoms with van der Waals surface area (Å²) in [6.07, 6.45) is -0.0514. The third-order valence-corrected chi connectivity index (χ3v) is 5.68. The molecule has 2 atom stereocenters. The second-order valence-electron chi connectivity index (χ2n) is 6.42. The molecule has 0 fully saturated rings. The Balaban J connectivity index is 1.85. The maximum atomic E-state index is 12.6. The zero-order valence-electron chi connectivity index (χ0n) is 16.1. The van der Waals surface area contributed by atoms with Crippen molar-refractivity contribution in [3.63, 3.8) is 0 Å². The van der Waals surface area contributed by atoms with Crippen LogP contribution in [0.2, 0.25) is 0 Å². The van der Waals surface area contributed by atoms with E-state index in [0.29, 0.717) is 5.75 Å². The monoisotopic (exact) mass is 386 g/mol. The molecule has 0 aliphatic heterocycles. The molecule has 0 saturated carbocycles. The van der Waals surface area contributed by atoms with Crippen LogP contribution in [0.4, 0.5) is 0 Å². The van der Waals surface area contributed by atoms with Gasteiger partial charge in [0.05, 0.1) is 1.37 Å². The molecule has 6 heteroatoms. The number of carboxylic acids is 1. The Hall–Kier alpha value is -2.31. The fourth-order valence-corrected chi connectivity index (χ4v) is 4.00. The molecule has 0 heterocycles. The van der Waals surface area contributed by atoms with Crippen LogP contribution in [0.25, 0.3) is 11.1 Å². The summed E-state index contributed by atoms with van der Waals surface area (Å²) in [5.74, 6) is -1.78. The van der Waals surface area contributed by atoms with Gasteiger partial charge in [0.15, 0.2) is 0 Å². The van der Waals surface area contributed by atoms with Gasteiger partial charge < -0.3 is 15.6 Å². The average molecular weight is 386 g/mol. The topological polar surface area (TPSA) is 89.6 Å². The molecule has 27 heavy (non-hydrogen) atoms. The molecule has 142 valence electrons. The van der Waals surface area contributed by atoms with E-state index < -0.39 is 30.0 Å². The highest BCUT2D eigenvalue weighted by Gasteiger charge is 2.44. The van der Waals surface area contributed by atoms with Crippen molar-refractivity contribution in [2.75, 3.05) is 18.1 Å². The molecule has 0 spiro atoms. The van der Waals surface area contributed by atoms with E-state index in [1.54, 1.807) is 0 Å². The Bertz CT molecular complexity index is 845. The van der Waals surface area contributed by atoms with Gasteiger partial charge >= 0.3 is 11.9 Å². The molecule has 0 radical (unpaired) electrons. The lowest BCUT2D eigenvalue weighted by molar-refractivity contribution is -0.161. The number of aliphatic carboxylic acids is 1. The van der Waals surface area contributed by atoms with Crippen LogP contribution in [0.1, 0.15) is 31.8 Å². The van der Waals surface area contributed by atoms with Gasteiger partial charge in [-0.2, -0.15) is 11.8 Å². The first-order valence-corrected chi connectivity index (χ1v) is 9.97. The molecule has 2 unspecified atom stereocenters. The fraction of sp³-hybridized carbons (Fsp3) is 0.333. The summed E-state index contributed by atoms with van der Waals surface area (Å²) in [6, 6.07) is 15.3. The maximum Gasteiger partial charge on any atom is 0.337 e. The van der Waals surface area contributed by atoms with E-state index >= 15 is 0 Å². The molecule has 0 aromatic heterocycles. The van der Waals surface area contributed by atoms with Gasteiger partial charge in [0.2, 0.25) is 5.54 Å². The summed E-state index contributed by atoms with van der Waals surface area (Å²) in [6.45, 7) is 0.648. The van der Waals surface area contributed by atoms with Crippen LogP contribution in [0.15, 0.2) is 48.5 Å². The van der Waals surface area contributed by atoms with Crippen molar-refractivity contribution in [2.45, 2.75) is 24.8 Å². The molecule has 0 saturated heterocycles. The van der Waals surface area contributed by atoms with Gasteiger partial charge in [-0.3, -0.25) is 0 Å². The van der Waals surface area contributed by atoms with Crippen LogP contribution >= 0.6 is 11.8 Å². The summed E-state index contributed by atoms with van der Waals surface area (Å²) in [4.78, 5) is 24.3. The molecule has 0 bridgehead atoms. The van der Waals surface area contributed by atoms with Gasteiger partial charge in [0.1, 0.15) is 6.58 Å². The Morgan fingerprint density at radius 1 is 1.19 bits per heavy atom. The largest absolute Gasteiger partial charge is 0.479 e. The van der Waals surface area contributed by atoms with E-state index in [2.05, 4.69) is 0 Å². The number of fused-ring (bicyclic) bond motifs is 3. The highest BCUT2D eigenvalue weighted by Crippen LogP contribution is 2.44. The lowest BCUT2D eigenvalue weighted by atomic mass is 9.96. The van der Waals surface area contributed by atoms with Gasteiger partial charge in [0, 0.05) is 5.92 Å². The first kappa shape index (κ1) is 18.1. The Morgan fingerprint density at radius 3 is 2.26 bits per heavy atom. The summed E-state index contributed by atoms with van der Waals surface area (Å²) in [7, 11) is 0. The predicted molar refractivity (Wildman–Crippen MR) is 107 cm³/mol. The number of hydrogen-bond donors (Lipinski definition) is 2. The number of hydrogen-bond acceptors (Lipinski definition) is 5. The number of thioether (sulfide) groups is 1. The first-order valence-electron chi connectivity index (χ1n) is 9.39. The number of carbonyl (C=O) groups excluding carboxylic acids is 1. The summed E-state index contributed by atoms with van der Waals surface area (Å²) >= 11 is 1.50. The lowest BCUT2D eigenvalue weighted by Gasteiger charge is -2.24. The Morgan fingerprint density at radius 2 is 1.74 bits per heavy atom. The number of nitrogens with two attached hydrogens (primary N) is 1. The van der Waals surface area contributed by atoms with E-state index in [1.807, 2.05) is 55.5 Å². The van der Waals surface area contributed by atoms with E-state index in [4.69, 9.17) is 11.8 Å². The van der Waals surface area contributed by atoms with Gasteiger partial charge in [-0.1, -0.05) is 55.5 Å². The number of carboxylic acid groups (broad SMARTS) is 1. The summed E-state index contributed by atoms with van der Waals surface area (Å²) < 4.78 is 13.8. The van der Waals surface area contributed by atoms with Crippen LogP contribution < -0.4 is 5.73 Å². The van der Waals surface area contributed by atoms with Crippen molar-refractivity contribution in [2.24, 2.45) is 5.73 Å². The molecule has 3 N–H and O–H groups in total. The van der Waals surface area contributed by atoms with Gasteiger partial charge in [-0.05, 0) is 40.2 Å². The molecule has 5 nitrogen and oxygen atoms in total. The molecule has 1 aliphatic rings. The van der Waals surface area contributed by atoms with Crippen molar-refractivity contribution in [1.29, 1.82) is 0 Å². The van der Waals surface area contributed by atoms with Crippen LogP contribution in [0.5, 0.6) is 0 Å². The third-order valence-electron chi connectivity index (χ3n) is 4.78. The minimum absolute atomic E-state index is 0.0514.